The van der Waals surface area contributed by atoms with Gasteiger partial charge in [0.1, 0.15) is 0 Å². The first-order valence-electron chi connectivity index (χ1n) is 6.07. The molecule has 1 rings (SSSR count). The van der Waals surface area contributed by atoms with Gasteiger partial charge in [-0.25, -0.2) is 0 Å². The van der Waals surface area contributed by atoms with Gasteiger partial charge in [-0.2, -0.15) is 0 Å². The Morgan fingerprint density at radius 3 is 2.60 bits per heavy atom. The molecule has 0 spiro atoms. The predicted octanol–water partition coefficient (Wildman–Crippen LogP) is 1.90. The van der Waals surface area contributed by atoms with E-state index in [9.17, 15) is 0 Å². The third-order valence-electron chi connectivity index (χ3n) is 3.55. The second-order valence-corrected chi connectivity index (χ2v) is 4.77. The zero-order valence-corrected chi connectivity index (χ0v) is 10.1. The molecule has 86 valence electrons. The molecule has 2 nitrogen and oxygen atoms in total. The third-order valence-corrected chi connectivity index (χ3v) is 3.55. The maximum Gasteiger partial charge on any atom is 0.0304 e. The monoisotopic (exact) mass is 208 g/mol. The fraction of sp³-hybridized carbons (Fsp3) is 0.846. The van der Waals surface area contributed by atoms with Crippen LogP contribution in [-0.2, 0) is 0 Å². The van der Waals surface area contributed by atoms with Crippen molar-refractivity contribution in [1.29, 1.82) is 0 Å². The summed E-state index contributed by atoms with van der Waals surface area (Å²) in [6, 6.07) is 0. The standard InChI is InChI=1S/C13H24N2/c1-3-4-5-10-15-13(11-14)8-6-12(2)7-9-13/h12,15H,5-11,14H2,1-2H3. The number of hydrogen-bond donors (Lipinski definition) is 2. The zero-order valence-electron chi connectivity index (χ0n) is 10.1. The molecular weight excluding hydrogens is 184 g/mol. The molecule has 0 amide bonds. The molecule has 0 bridgehead atoms. The van der Waals surface area contributed by atoms with Gasteiger partial charge in [-0.1, -0.05) is 6.92 Å². The van der Waals surface area contributed by atoms with Crippen LogP contribution in [0.25, 0.3) is 0 Å². The minimum absolute atomic E-state index is 0.210. The molecular formula is C13H24N2. The first kappa shape index (κ1) is 12.5. The average molecular weight is 208 g/mol. The van der Waals surface area contributed by atoms with Crippen LogP contribution in [0.5, 0.6) is 0 Å². The van der Waals surface area contributed by atoms with Crippen LogP contribution in [0, 0.1) is 17.8 Å². The van der Waals surface area contributed by atoms with E-state index in [1.165, 1.54) is 25.7 Å². The maximum atomic E-state index is 5.90. The smallest absolute Gasteiger partial charge is 0.0304 e. The third kappa shape index (κ3) is 3.85. The second-order valence-electron chi connectivity index (χ2n) is 4.77. The summed E-state index contributed by atoms with van der Waals surface area (Å²) in [6.45, 7) is 5.97. The average Bonchev–Trinajstić information content (AvgIpc) is 2.28. The minimum Gasteiger partial charge on any atom is -0.329 e. The fourth-order valence-corrected chi connectivity index (χ4v) is 2.28. The Labute approximate surface area is 94.0 Å². The van der Waals surface area contributed by atoms with Crippen molar-refractivity contribution in [3.63, 3.8) is 0 Å². The van der Waals surface area contributed by atoms with Gasteiger partial charge in [0.15, 0.2) is 0 Å². The fourth-order valence-electron chi connectivity index (χ4n) is 2.28. The molecule has 1 aliphatic carbocycles. The van der Waals surface area contributed by atoms with E-state index < -0.39 is 0 Å². The van der Waals surface area contributed by atoms with Crippen LogP contribution < -0.4 is 11.1 Å². The van der Waals surface area contributed by atoms with Gasteiger partial charge < -0.3 is 11.1 Å². The molecule has 0 aromatic heterocycles. The highest BCUT2D eigenvalue weighted by molar-refractivity contribution is 4.98. The summed E-state index contributed by atoms with van der Waals surface area (Å²) < 4.78 is 0. The molecule has 0 aromatic carbocycles. The molecule has 3 N–H and O–H groups in total. The van der Waals surface area contributed by atoms with Gasteiger partial charge in [-0.3, -0.25) is 0 Å². The Morgan fingerprint density at radius 1 is 1.40 bits per heavy atom. The molecule has 0 radical (unpaired) electrons. The van der Waals surface area contributed by atoms with Crippen molar-refractivity contribution in [2.75, 3.05) is 13.1 Å². The zero-order chi connectivity index (χ0) is 11.1. The van der Waals surface area contributed by atoms with Crippen LogP contribution in [0.15, 0.2) is 0 Å². The van der Waals surface area contributed by atoms with E-state index in [1.54, 1.807) is 0 Å². The largest absolute Gasteiger partial charge is 0.329 e. The van der Waals surface area contributed by atoms with Crippen molar-refractivity contribution in [3.05, 3.63) is 0 Å². The summed E-state index contributed by atoms with van der Waals surface area (Å²) >= 11 is 0. The highest BCUT2D eigenvalue weighted by Crippen LogP contribution is 2.30. The van der Waals surface area contributed by atoms with E-state index in [0.29, 0.717) is 0 Å². The SMILES string of the molecule is CC#CCCNC1(CN)CCC(C)CC1. The molecule has 0 aromatic rings. The molecule has 0 unspecified atom stereocenters. The van der Waals surface area contributed by atoms with Crippen LogP contribution in [0.4, 0.5) is 0 Å². The lowest BCUT2D eigenvalue weighted by atomic mass is 9.77. The summed E-state index contributed by atoms with van der Waals surface area (Å²) in [5.74, 6) is 6.88. The molecule has 1 saturated carbocycles. The predicted molar refractivity (Wildman–Crippen MR) is 65.5 cm³/mol. The highest BCUT2D eigenvalue weighted by Gasteiger charge is 2.31. The second kappa shape index (κ2) is 6.15. The number of hydrogen-bond acceptors (Lipinski definition) is 2. The first-order chi connectivity index (χ1) is 7.22. The molecule has 1 fully saturated rings. The van der Waals surface area contributed by atoms with Crippen LogP contribution in [0.1, 0.15) is 46.0 Å². The van der Waals surface area contributed by atoms with E-state index in [4.69, 9.17) is 5.73 Å². The Bertz CT molecular complexity index is 229. The van der Waals surface area contributed by atoms with E-state index >= 15 is 0 Å². The number of rotatable bonds is 4. The first-order valence-corrected chi connectivity index (χ1v) is 6.07. The minimum atomic E-state index is 0.210. The Kier molecular flexibility index (Phi) is 5.14. The van der Waals surface area contributed by atoms with Gasteiger partial charge in [-0.05, 0) is 38.5 Å². The lowest BCUT2D eigenvalue weighted by Gasteiger charge is -2.39. The van der Waals surface area contributed by atoms with Crippen molar-refractivity contribution in [2.45, 2.75) is 51.5 Å². The van der Waals surface area contributed by atoms with Crippen molar-refractivity contribution in [2.24, 2.45) is 11.7 Å². The summed E-state index contributed by atoms with van der Waals surface area (Å²) in [7, 11) is 0. The van der Waals surface area contributed by atoms with Crippen LogP contribution in [-0.4, -0.2) is 18.6 Å². The molecule has 0 aliphatic heterocycles. The Morgan fingerprint density at radius 2 is 2.07 bits per heavy atom. The van der Waals surface area contributed by atoms with E-state index in [1.807, 2.05) is 6.92 Å². The van der Waals surface area contributed by atoms with E-state index in [-0.39, 0.29) is 5.54 Å². The van der Waals surface area contributed by atoms with Gasteiger partial charge in [-0.15, -0.1) is 11.8 Å². The summed E-state index contributed by atoms with van der Waals surface area (Å²) in [5.41, 5.74) is 6.11. The van der Waals surface area contributed by atoms with Gasteiger partial charge in [0.25, 0.3) is 0 Å². The molecule has 15 heavy (non-hydrogen) atoms. The Balaban J connectivity index is 2.35. The van der Waals surface area contributed by atoms with Crippen LogP contribution >= 0.6 is 0 Å². The Hall–Kier alpha value is -0.520. The molecule has 2 heteroatoms. The van der Waals surface area contributed by atoms with Crippen LogP contribution in [0.2, 0.25) is 0 Å². The van der Waals surface area contributed by atoms with Crippen LogP contribution in [0.3, 0.4) is 0 Å². The van der Waals surface area contributed by atoms with Crippen molar-refractivity contribution >= 4 is 0 Å². The molecule has 0 heterocycles. The van der Waals surface area contributed by atoms with Gasteiger partial charge in [0.2, 0.25) is 0 Å². The highest BCUT2D eigenvalue weighted by atomic mass is 15.0. The summed E-state index contributed by atoms with van der Waals surface area (Å²) in [6.07, 6.45) is 6.01. The summed E-state index contributed by atoms with van der Waals surface area (Å²) in [4.78, 5) is 0. The molecule has 1 aliphatic rings. The van der Waals surface area contributed by atoms with E-state index in [0.717, 1.165) is 25.4 Å². The number of nitrogens with one attached hydrogen (secondary N) is 1. The quantitative estimate of drug-likeness (QED) is 0.547. The lowest BCUT2D eigenvalue weighted by molar-refractivity contribution is 0.203. The maximum absolute atomic E-state index is 5.90. The van der Waals surface area contributed by atoms with E-state index in [2.05, 4.69) is 24.1 Å². The molecule has 0 atom stereocenters. The van der Waals surface area contributed by atoms with Gasteiger partial charge in [0.05, 0.1) is 0 Å². The molecule has 0 saturated heterocycles. The topological polar surface area (TPSA) is 38.0 Å². The van der Waals surface area contributed by atoms with Crippen molar-refractivity contribution < 1.29 is 0 Å². The van der Waals surface area contributed by atoms with Gasteiger partial charge in [0, 0.05) is 25.0 Å². The summed E-state index contributed by atoms with van der Waals surface area (Å²) in [5, 5.41) is 3.61. The normalized spacial score (nSPS) is 30.7. The number of nitrogens with two attached hydrogens (primary N) is 1. The van der Waals surface area contributed by atoms with Crippen molar-refractivity contribution in [3.8, 4) is 11.8 Å². The van der Waals surface area contributed by atoms with Crippen molar-refractivity contribution in [1.82, 2.24) is 5.32 Å². The lowest BCUT2D eigenvalue weighted by Crippen LogP contribution is -2.53. The van der Waals surface area contributed by atoms with Gasteiger partial charge >= 0.3 is 0 Å².